The van der Waals surface area contributed by atoms with E-state index in [-0.39, 0.29) is 0 Å². The van der Waals surface area contributed by atoms with Crippen molar-refractivity contribution in [3.63, 3.8) is 0 Å². The first-order valence-electron chi connectivity index (χ1n) is 4.83. The Bertz CT molecular complexity index is 499. The first-order chi connectivity index (χ1) is 7.95. The number of alkyl halides is 3. The standard InChI is InChI=1S/C11H9F3N3/c1-8-6-17(16-15-8)7-9-2-4-10(5-3-9)11(12,13)14/h2-6H,1,7H2. The van der Waals surface area contributed by atoms with Crippen LogP contribution in [0, 0.1) is 6.92 Å². The average molecular weight is 240 g/mol. The molecule has 6 heteroatoms. The van der Waals surface area contributed by atoms with E-state index in [1.807, 2.05) is 0 Å². The Morgan fingerprint density at radius 1 is 1.18 bits per heavy atom. The van der Waals surface area contributed by atoms with Gasteiger partial charge in [-0.3, -0.25) is 0 Å². The van der Waals surface area contributed by atoms with Crippen molar-refractivity contribution in [2.24, 2.45) is 0 Å². The number of benzene rings is 1. The zero-order chi connectivity index (χ0) is 12.5. The Morgan fingerprint density at radius 2 is 1.82 bits per heavy atom. The Balaban J connectivity index is 2.13. The molecule has 3 nitrogen and oxygen atoms in total. The minimum Gasteiger partial charge on any atom is -0.248 e. The van der Waals surface area contributed by atoms with E-state index >= 15 is 0 Å². The number of nitrogens with zero attached hydrogens (tertiary/aromatic N) is 3. The van der Waals surface area contributed by atoms with E-state index in [4.69, 9.17) is 0 Å². The molecule has 1 radical (unpaired) electrons. The zero-order valence-corrected chi connectivity index (χ0v) is 8.78. The second kappa shape index (κ2) is 4.20. The molecule has 89 valence electrons. The normalized spacial score (nSPS) is 11.8. The van der Waals surface area contributed by atoms with Crippen LogP contribution in [0.1, 0.15) is 16.8 Å². The van der Waals surface area contributed by atoms with Crippen molar-refractivity contribution >= 4 is 0 Å². The Hall–Kier alpha value is -1.85. The smallest absolute Gasteiger partial charge is 0.248 e. The third-order valence-electron chi connectivity index (χ3n) is 2.21. The topological polar surface area (TPSA) is 30.7 Å². The highest BCUT2D eigenvalue weighted by molar-refractivity contribution is 5.24. The van der Waals surface area contributed by atoms with Crippen LogP contribution in [-0.4, -0.2) is 15.0 Å². The second-order valence-electron chi connectivity index (χ2n) is 3.60. The van der Waals surface area contributed by atoms with Gasteiger partial charge in [0.05, 0.1) is 17.8 Å². The van der Waals surface area contributed by atoms with Crippen LogP contribution in [0.3, 0.4) is 0 Å². The molecule has 0 unspecified atom stereocenters. The van der Waals surface area contributed by atoms with Crippen molar-refractivity contribution in [2.45, 2.75) is 12.7 Å². The lowest BCUT2D eigenvalue weighted by Crippen LogP contribution is -2.05. The molecule has 1 aromatic heterocycles. The number of aromatic nitrogens is 3. The summed E-state index contributed by atoms with van der Waals surface area (Å²) in [6.07, 6.45) is -2.68. The molecule has 0 saturated heterocycles. The molecule has 0 N–H and O–H groups in total. The molecule has 1 aromatic carbocycles. The maximum Gasteiger partial charge on any atom is 0.416 e. The molecule has 1 heterocycles. The Kier molecular flexibility index (Phi) is 2.87. The molecule has 0 aliphatic heterocycles. The van der Waals surface area contributed by atoms with Gasteiger partial charge in [0.2, 0.25) is 0 Å². The van der Waals surface area contributed by atoms with Crippen LogP contribution in [0.4, 0.5) is 13.2 Å². The predicted octanol–water partition coefficient (Wildman–Crippen LogP) is 2.53. The fourth-order valence-corrected chi connectivity index (χ4v) is 1.40. The van der Waals surface area contributed by atoms with Gasteiger partial charge in [-0.25, -0.2) is 4.68 Å². The van der Waals surface area contributed by atoms with Crippen LogP contribution in [-0.2, 0) is 12.7 Å². The highest BCUT2D eigenvalue weighted by Crippen LogP contribution is 2.29. The molecule has 0 aliphatic rings. The van der Waals surface area contributed by atoms with Gasteiger partial charge in [-0.05, 0) is 24.6 Å². The molecule has 0 fully saturated rings. The van der Waals surface area contributed by atoms with Gasteiger partial charge in [-0.15, -0.1) is 5.10 Å². The summed E-state index contributed by atoms with van der Waals surface area (Å²) in [6.45, 7) is 3.96. The van der Waals surface area contributed by atoms with Gasteiger partial charge in [-0.2, -0.15) is 13.2 Å². The van der Waals surface area contributed by atoms with Crippen LogP contribution in [0.5, 0.6) is 0 Å². The van der Waals surface area contributed by atoms with E-state index in [9.17, 15) is 13.2 Å². The summed E-state index contributed by atoms with van der Waals surface area (Å²) < 4.78 is 38.5. The predicted molar refractivity (Wildman–Crippen MR) is 55.0 cm³/mol. The van der Waals surface area contributed by atoms with E-state index in [1.54, 1.807) is 6.20 Å². The van der Waals surface area contributed by atoms with Crippen molar-refractivity contribution < 1.29 is 13.2 Å². The summed E-state index contributed by atoms with van der Waals surface area (Å²) in [7, 11) is 0. The summed E-state index contributed by atoms with van der Waals surface area (Å²) in [5.41, 5.74) is 0.595. The van der Waals surface area contributed by atoms with Gasteiger partial charge in [0.1, 0.15) is 0 Å². The van der Waals surface area contributed by atoms with Gasteiger partial charge in [0, 0.05) is 6.20 Å². The number of halogens is 3. The Labute approximate surface area is 95.9 Å². The minimum atomic E-state index is -4.30. The van der Waals surface area contributed by atoms with Crippen molar-refractivity contribution in [1.82, 2.24) is 15.0 Å². The highest BCUT2D eigenvalue weighted by Gasteiger charge is 2.29. The van der Waals surface area contributed by atoms with Gasteiger partial charge < -0.3 is 0 Å². The number of rotatable bonds is 2. The molecule has 0 spiro atoms. The lowest BCUT2D eigenvalue weighted by atomic mass is 10.1. The molecule has 0 amide bonds. The Morgan fingerprint density at radius 3 is 2.29 bits per heavy atom. The molecule has 0 bridgehead atoms. The molecule has 2 rings (SSSR count). The van der Waals surface area contributed by atoms with Gasteiger partial charge in [-0.1, -0.05) is 17.3 Å². The number of hydrogen-bond acceptors (Lipinski definition) is 2. The third-order valence-corrected chi connectivity index (χ3v) is 2.21. The van der Waals surface area contributed by atoms with Crippen molar-refractivity contribution in [2.75, 3.05) is 0 Å². The summed E-state index contributed by atoms with van der Waals surface area (Å²) in [5, 5.41) is 7.46. The average Bonchev–Trinajstić information content (AvgIpc) is 2.63. The van der Waals surface area contributed by atoms with E-state index in [1.165, 1.54) is 16.8 Å². The van der Waals surface area contributed by atoms with Crippen molar-refractivity contribution in [3.8, 4) is 0 Å². The summed E-state index contributed by atoms with van der Waals surface area (Å²) in [5.74, 6) is 0. The van der Waals surface area contributed by atoms with Crippen LogP contribution in [0.2, 0.25) is 0 Å². The molecule has 0 saturated carbocycles. The summed E-state index contributed by atoms with van der Waals surface area (Å²) in [4.78, 5) is 0. The lowest BCUT2D eigenvalue weighted by molar-refractivity contribution is -0.137. The lowest BCUT2D eigenvalue weighted by Gasteiger charge is -2.07. The first kappa shape index (κ1) is 11.6. The number of hydrogen-bond donors (Lipinski definition) is 0. The van der Waals surface area contributed by atoms with Crippen LogP contribution < -0.4 is 0 Å². The van der Waals surface area contributed by atoms with E-state index in [0.717, 1.165) is 17.7 Å². The van der Waals surface area contributed by atoms with Gasteiger partial charge in [0.15, 0.2) is 0 Å². The third kappa shape index (κ3) is 2.83. The SMILES string of the molecule is [CH2]c1cn(Cc2ccc(C(F)(F)F)cc2)nn1. The van der Waals surface area contributed by atoms with E-state index in [0.29, 0.717) is 12.2 Å². The van der Waals surface area contributed by atoms with Crippen LogP contribution in [0.25, 0.3) is 0 Å². The van der Waals surface area contributed by atoms with Crippen molar-refractivity contribution in [1.29, 1.82) is 0 Å². The maximum atomic E-state index is 12.3. The van der Waals surface area contributed by atoms with Crippen molar-refractivity contribution in [3.05, 3.63) is 54.2 Å². The minimum absolute atomic E-state index is 0.376. The second-order valence-corrected chi connectivity index (χ2v) is 3.60. The summed E-state index contributed by atoms with van der Waals surface area (Å²) in [6, 6.07) is 4.95. The fraction of sp³-hybridized carbons (Fsp3) is 0.182. The van der Waals surface area contributed by atoms with E-state index < -0.39 is 11.7 Å². The van der Waals surface area contributed by atoms with E-state index in [2.05, 4.69) is 17.2 Å². The molecular weight excluding hydrogens is 231 g/mol. The maximum absolute atomic E-state index is 12.3. The molecule has 0 atom stereocenters. The zero-order valence-electron chi connectivity index (χ0n) is 8.78. The largest absolute Gasteiger partial charge is 0.416 e. The molecule has 2 aromatic rings. The monoisotopic (exact) mass is 240 g/mol. The molecule has 0 aliphatic carbocycles. The highest BCUT2D eigenvalue weighted by atomic mass is 19.4. The summed E-state index contributed by atoms with van der Waals surface area (Å²) >= 11 is 0. The van der Waals surface area contributed by atoms with Crippen LogP contribution >= 0.6 is 0 Å². The first-order valence-corrected chi connectivity index (χ1v) is 4.83. The molecular formula is C11H9F3N3. The van der Waals surface area contributed by atoms with Gasteiger partial charge in [0.25, 0.3) is 0 Å². The quantitative estimate of drug-likeness (QED) is 0.807. The van der Waals surface area contributed by atoms with Crippen LogP contribution in [0.15, 0.2) is 30.5 Å². The fourth-order valence-electron chi connectivity index (χ4n) is 1.40. The van der Waals surface area contributed by atoms with Gasteiger partial charge >= 0.3 is 6.18 Å². The molecule has 17 heavy (non-hydrogen) atoms.